The third-order valence-corrected chi connectivity index (χ3v) is 13.8. The monoisotopic (exact) mass is 892 g/mol. The van der Waals surface area contributed by atoms with Crippen LogP contribution in [0.5, 0.6) is 0 Å². The maximum Gasteiger partial charge on any atom is 0.164 e. The van der Waals surface area contributed by atoms with E-state index in [9.17, 15) is 0 Å². The molecule has 0 aliphatic rings. The fourth-order valence-corrected chi connectivity index (χ4v) is 10.4. The van der Waals surface area contributed by atoms with Crippen LogP contribution >= 0.6 is 0 Å². The number of para-hydroxylation sites is 4. The third-order valence-electron chi connectivity index (χ3n) is 13.8. The van der Waals surface area contributed by atoms with Crippen molar-refractivity contribution in [2.45, 2.75) is 0 Å². The number of fused-ring (bicyclic) bond motifs is 9. The van der Waals surface area contributed by atoms with Crippen molar-refractivity contribution in [3.05, 3.63) is 243 Å². The maximum atomic E-state index is 5.47. The van der Waals surface area contributed by atoms with E-state index in [2.05, 4.69) is 221 Å². The molecule has 0 aliphatic carbocycles. The van der Waals surface area contributed by atoms with Crippen LogP contribution in [0.25, 0.3) is 133 Å². The number of rotatable bonds is 7. The van der Waals surface area contributed by atoms with Gasteiger partial charge in [0.1, 0.15) is 0 Å². The van der Waals surface area contributed by atoms with Crippen LogP contribution in [0.1, 0.15) is 0 Å². The molecule has 0 radical (unpaired) electrons. The summed E-state index contributed by atoms with van der Waals surface area (Å²) >= 11 is 0. The van der Waals surface area contributed by atoms with E-state index in [4.69, 9.17) is 19.9 Å². The molecule has 6 nitrogen and oxygen atoms in total. The Hall–Kier alpha value is -9.52. The van der Waals surface area contributed by atoms with Crippen LogP contribution in [-0.2, 0) is 0 Å². The Morgan fingerprint density at radius 3 is 1.24 bits per heavy atom. The van der Waals surface area contributed by atoms with Crippen molar-refractivity contribution in [1.29, 1.82) is 0 Å². The van der Waals surface area contributed by atoms with Crippen LogP contribution < -0.4 is 0 Å². The van der Waals surface area contributed by atoms with Gasteiger partial charge in [-0.15, -0.1) is 0 Å². The number of hydrogen-bond donors (Lipinski definition) is 0. The minimum Gasteiger partial charge on any atom is -0.309 e. The zero-order valence-electron chi connectivity index (χ0n) is 37.8. The summed E-state index contributed by atoms with van der Waals surface area (Å²) < 4.78 is 4.71. The molecule has 14 aromatic rings. The summed E-state index contributed by atoms with van der Waals surface area (Å²) in [5.41, 5.74) is 14.8. The third kappa shape index (κ3) is 6.49. The van der Waals surface area contributed by atoms with Crippen molar-refractivity contribution in [3.8, 4) is 67.9 Å². The van der Waals surface area contributed by atoms with E-state index in [-0.39, 0.29) is 0 Å². The highest BCUT2D eigenvalue weighted by Crippen LogP contribution is 2.41. The quantitative estimate of drug-likeness (QED) is 0.150. The number of pyridine rings is 1. The lowest BCUT2D eigenvalue weighted by Gasteiger charge is -2.13. The molecule has 70 heavy (non-hydrogen) atoms. The Morgan fingerprint density at radius 1 is 0.229 bits per heavy atom. The second kappa shape index (κ2) is 16.1. The van der Waals surface area contributed by atoms with E-state index in [1.165, 1.54) is 49.0 Å². The molecule has 0 unspecified atom stereocenters. The first-order chi connectivity index (χ1) is 34.7. The molecular formula is C64H40N6. The van der Waals surface area contributed by atoms with E-state index < -0.39 is 0 Å². The lowest BCUT2D eigenvalue weighted by molar-refractivity contribution is 1.07. The van der Waals surface area contributed by atoms with E-state index in [1.54, 1.807) is 0 Å². The average molecular weight is 893 g/mol. The van der Waals surface area contributed by atoms with E-state index in [0.717, 1.165) is 66.7 Å². The Labute approximate surface area is 403 Å². The van der Waals surface area contributed by atoms with Crippen LogP contribution in [0, 0.1) is 0 Å². The van der Waals surface area contributed by atoms with Gasteiger partial charge in [0.05, 0.1) is 33.3 Å². The van der Waals surface area contributed by atoms with Gasteiger partial charge in [-0.1, -0.05) is 170 Å². The highest BCUT2D eigenvalue weighted by molar-refractivity contribution is 6.20. The van der Waals surface area contributed by atoms with Gasteiger partial charge in [0.2, 0.25) is 0 Å². The van der Waals surface area contributed by atoms with E-state index >= 15 is 0 Å². The molecule has 4 heterocycles. The number of nitrogens with zero attached hydrogens (tertiary/aromatic N) is 6. The molecule has 0 bridgehead atoms. The van der Waals surface area contributed by atoms with Crippen LogP contribution in [0.3, 0.4) is 0 Å². The molecule has 6 heteroatoms. The Kier molecular flexibility index (Phi) is 9.10. The first-order valence-electron chi connectivity index (χ1n) is 23.6. The summed E-state index contributed by atoms with van der Waals surface area (Å²) in [6, 6.07) is 85.7. The predicted molar refractivity (Wildman–Crippen MR) is 288 cm³/mol. The molecule has 4 aromatic heterocycles. The Bertz CT molecular complexity index is 4260. The molecule has 0 saturated carbocycles. The molecule has 0 aliphatic heterocycles. The first kappa shape index (κ1) is 39.6. The molecule has 0 spiro atoms. The number of aromatic nitrogens is 6. The van der Waals surface area contributed by atoms with Crippen LogP contribution in [0.4, 0.5) is 0 Å². The first-order valence-corrected chi connectivity index (χ1v) is 23.6. The summed E-state index contributed by atoms with van der Waals surface area (Å²) in [7, 11) is 0. The molecule has 0 N–H and O–H groups in total. The zero-order chi connectivity index (χ0) is 46.1. The van der Waals surface area contributed by atoms with Gasteiger partial charge in [0, 0.05) is 65.9 Å². The Balaban J connectivity index is 0.864. The minimum atomic E-state index is 0.611. The maximum absolute atomic E-state index is 5.47. The molecule has 0 saturated heterocycles. The second-order valence-electron chi connectivity index (χ2n) is 17.8. The summed E-state index contributed by atoms with van der Waals surface area (Å²) in [5.74, 6) is 1.85. The molecule has 14 rings (SSSR count). The van der Waals surface area contributed by atoms with Crippen molar-refractivity contribution in [2.75, 3.05) is 0 Å². The summed E-state index contributed by atoms with van der Waals surface area (Å²) in [6.07, 6.45) is 0. The Morgan fingerprint density at radius 2 is 0.657 bits per heavy atom. The highest BCUT2D eigenvalue weighted by atomic mass is 15.0. The van der Waals surface area contributed by atoms with Gasteiger partial charge in [0.15, 0.2) is 17.5 Å². The van der Waals surface area contributed by atoms with Gasteiger partial charge in [0.25, 0.3) is 0 Å². The predicted octanol–water partition coefficient (Wildman–Crippen LogP) is 16.1. The van der Waals surface area contributed by atoms with Crippen molar-refractivity contribution < 1.29 is 0 Å². The smallest absolute Gasteiger partial charge is 0.164 e. The molecular weight excluding hydrogens is 853 g/mol. The van der Waals surface area contributed by atoms with Gasteiger partial charge in [-0.05, 0) is 89.3 Å². The van der Waals surface area contributed by atoms with Crippen molar-refractivity contribution in [1.82, 2.24) is 29.1 Å². The lowest BCUT2D eigenvalue weighted by Crippen LogP contribution is -2.00. The van der Waals surface area contributed by atoms with Crippen molar-refractivity contribution in [3.63, 3.8) is 0 Å². The normalized spacial score (nSPS) is 11.7. The summed E-state index contributed by atoms with van der Waals surface area (Å²) in [4.78, 5) is 20.7. The van der Waals surface area contributed by atoms with Crippen LogP contribution in [-0.4, -0.2) is 29.1 Å². The van der Waals surface area contributed by atoms with Crippen molar-refractivity contribution in [2.24, 2.45) is 0 Å². The molecule has 10 aromatic carbocycles. The largest absolute Gasteiger partial charge is 0.309 e. The molecule has 0 atom stereocenters. The van der Waals surface area contributed by atoms with Gasteiger partial charge in [-0.3, -0.25) is 0 Å². The fourth-order valence-electron chi connectivity index (χ4n) is 10.4. The summed E-state index contributed by atoms with van der Waals surface area (Å²) in [5, 5.41) is 8.29. The van der Waals surface area contributed by atoms with Gasteiger partial charge >= 0.3 is 0 Å². The SMILES string of the molecule is c1ccc(-c2nc(-c3ccc(-c4ccc5c(c4)nc(-c4ccccc4)c4cc6c7ccccc7n(-c7ccccc7)c6cc45)cc3)nc(-c3ccc(-n4c5ccccc5c5ccccc54)cc3)n2)cc1. The lowest BCUT2D eigenvalue weighted by atomic mass is 9.96. The van der Waals surface area contributed by atoms with Gasteiger partial charge in [-0.2, -0.15) is 0 Å². The summed E-state index contributed by atoms with van der Waals surface area (Å²) in [6.45, 7) is 0. The highest BCUT2D eigenvalue weighted by Gasteiger charge is 2.19. The standard InChI is InChI=1S/C64H40N6/c1-4-16-42(17-5-1)61-55-39-54-52-24-12-15-27-59(52)70(47-20-8-3-9-21-47)60(54)40-53(55)49-37-34-46(38-56(49)65-61)41-28-30-44(31-29-41)63-66-62(43-18-6-2-7-19-43)67-64(68-63)45-32-35-48(36-33-45)69-57-25-13-10-22-50(57)51-23-11-14-26-58(51)69/h1-40H. The topological polar surface area (TPSA) is 61.4 Å². The fraction of sp³-hybridized carbons (Fsp3) is 0. The van der Waals surface area contributed by atoms with Crippen LogP contribution in [0.2, 0.25) is 0 Å². The van der Waals surface area contributed by atoms with Crippen LogP contribution in [0.15, 0.2) is 243 Å². The molecule has 326 valence electrons. The van der Waals surface area contributed by atoms with Gasteiger partial charge in [-0.25, -0.2) is 19.9 Å². The van der Waals surface area contributed by atoms with E-state index in [0.29, 0.717) is 17.5 Å². The second-order valence-corrected chi connectivity index (χ2v) is 17.8. The molecule has 0 amide bonds. The van der Waals surface area contributed by atoms with E-state index in [1.807, 2.05) is 30.3 Å². The minimum absolute atomic E-state index is 0.611. The zero-order valence-corrected chi connectivity index (χ0v) is 37.8. The molecule has 0 fully saturated rings. The van der Waals surface area contributed by atoms with Crippen molar-refractivity contribution >= 4 is 65.3 Å². The average Bonchev–Trinajstić information content (AvgIpc) is 3.95. The number of benzene rings is 10. The number of hydrogen-bond acceptors (Lipinski definition) is 4. The van der Waals surface area contributed by atoms with Gasteiger partial charge < -0.3 is 9.13 Å².